The molecule has 415 valence electrons. The van der Waals surface area contributed by atoms with Crippen LogP contribution in [0.5, 0.6) is 0 Å². The molecule has 8 nitrogen and oxygen atoms in total. The summed E-state index contributed by atoms with van der Waals surface area (Å²) in [6.45, 7) is 26.9. The van der Waals surface area contributed by atoms with Gasteiger partial charge in [0.25, 0.3) is 0 Å². The van der Waals surface area contributed by atoms with Crippen molar-refractivity contribution >= 4 is 0 Å². The zero-order valence-corrected chi connectivity index (χ0v) is 51.9. The molecule has 11 aromatic rings. The van der Waals surface area contributed by atoms with Crippen LogP contribution in [0.4, 0.5) is 0 Å². The van der Waals surface area contributed by atoms with E-state index in [2.05, 4.69) is 223 Å². The Bertz CT molecular complexity index is 3660. The first-order chi connectivity index (χ1) is 39.1. The Kier molecular flexibility index (Phi) is 16.0. The quantitative estimate of drug-likeness (QED) is 0.125. The van der Waals surface area contributed by atoms with Gasteiger partial charge in [-0.3, -0.25) is 0 Å². The van der Waals surface area contributed by atoms with Crippen LogP contribution in [0.25, 0.3) is 113 Å². The number of hydrogen-bond acceptors (Lipinski definition) is 8. The number of rotatable bonds is 10. The maximum Gasteiger partial charge on any atom is 0.167 e. The molecule has 7 aromatic carbocycles. The Balaban J connectivity index is 0.00000769. The van der Waals surface area contributed by atoms with E-state index in [1.54, 1.807) is 31.0 Å². The van der Waals surface area contributed by atoms with E-state index >= 15 is 0 Å². The van der Waals surface area contributed by atoms with Crippen molar-refractivity contribution in [3.63, 3.8) is 0 Å². The average molecular weight is 1260 g/mol. The Morgan fingerprint density at radius 2 is 0.554 bits per heavy atom. The van der Waals surface area contributed by atoms with Gasteiger partial charge in [0.15, 0.2) is 29.1 Å². The Morgan fingerprint density at radius 3 is 0.831 bits per heavy atom. The number of aromatic nitrogens is 8. The molecule has 0 N–H and O–H groups in total. The van der Waals surface area contributed by atoms with Gasteiger partial charge in [-0.1, -0.05) is 192 Å². The topological polar surface area (TPSA) is 103 Å². The molecule has 0 aliphatic heterocycles. The molecule has 0 atom stereocenters. The van der Waals surface area contributed by atoms with Gasteiger partial charge in [-0.25, -0.2) is 34.9 Å². The van der Waals surface area contributed by atoms with E-state index < -0.39 is 0 Å². The Morgan fingerprint density at radius 1 is 0.265 bits per heavy atom. The summed E-state index contributed by atoms with van der Waals surface area (Å²) in [5.41, 5.74) is 19.5. The predicted octanol–water partition coefficient (Wildman–Crippen LogP) is 18.5. The molecule has 0 saturated heterocycles. The minimum atomic E-state index is 0. The second-order valence-electron chi connectivity index (χ2n) is 25.5. The van der Waals surface area contributed by atoms with Crippen LogP contribution in [0.3, 0.4) is 0 Å². The fourth-order valence-corrected chi connectivity index (χ4v) is 10.0. The summed E-state index contributed by atoms with van der Waals surface area (Å²) in [6.07, 6.45) is 8.94. The van der Waals surface area contributed by atoms with Gasteiger partial charge in [0.2, 0.25) is 0 Å². The van der Waals surface area contributed by atoms with Crippen molar-refractivity contribution in [2.75, 3.05) is 0 Å². The molecule has 0 fully saturated rings. The molecule has 4 heterocycles. The zero-order valence-electron chi connectivity index (χ0n) is 49.5. The minimum absolute atomic E-state index is 0. The smallest absolute Gasteiger partial charge is 0.167 e. The van der Waals surface area contributed by atoms with Crippen molar-refractivity contribution in [2.24, 2.45) is 0 Å². The van der Waals surface area contributed by atoms with Crippen LogP contribution in [0.1, 0.15) is 105 Å². The molecule has 0 bridgehead atoms. The van der Waals surface area contributed by atoms with E-state index in [4.69, 9.17) is 39.9 Å². The second kappa shape index (κ2) is 23.0. The first-order valence-electron chi connectivity index (χ1n) is 28.2. The van der Waals surface area contributed by atoms with E-state index in [9.17, 15) is 0 Å². The molecule has 4 aromatic heterocycles. The molecular weight excluding hydrogens is 1190 g/mol. The summed E-state index contributed by atoms with van der Waals surface area (Å²) in [4.78, 5) is 40.1. The summed E-state index contributed by atoms with van der Waals surface area (Å²) >= 11 is 0. The molecule has 0 aliphatic carbocycles. The molecular formula is C74H69IrN8-. The molecule has 9 heteroatoms. The SMILES string of the molecule is CC(C)(C)c1ccc(-c2cc(-c3ccc(C(C)(C)C)cc3)cc(-c3ncc(-c4nc(-c5ccc(-c6[c-]cccc6)nc5)nc(-c5cnc(-c6cc(-c7ccc(C(C)(C)C)cc7)cc(-c7ccc(C(C)(C)C)cc7)c6)nc5)n4)cn3)c2)cc1.[Ir]. The summed E-state index contributed by atoms with van der Waals surface area (Å²) in [7, 11) is 0. The van der Waals surface area contributed by atoms with E-state index in [0.29, 0.717) is 45.8 Å². The van der Waals surface area contributed by atoms with Gasteiger partial charge in [0.05, 0.1) is 11.1 Å². The van der Waals surface area contributed by atoms with Crippen molar-refractivity contribution < 1.29 is 20.1 Å². The third kappa shape index (κ3) is 13.1. The van der Waals surface area contributed by atoms with Crippen molar-refractivity contribution in [2.45, 2.75) is 105 Å². The number of hydrogen-bond donors (Lipinski definition) is 0. The molecule has 0 unspecified atom stereocenters. The fourth-order valence-electron chi connectivity index (χ4n) is 10.0. The van der Waals surface area contributed by atoms with Crippen LogP contribution >= 0.6 is 0 Å². The van der Waals surface area contributed by atoms with Crippen LogP contribution in [0.2, 0.25) is 0 Å². The van der Waals surface area contributed by atoms with E-state index in [0.717, 1.165) is 66.9 Å². The molecule has 0 saturated carbocycles. The van der Waals surface area contributed by atoms with Crippen LogP contribution in [0, 0.1) is 6.07 Å². The van der Waals surface area contributed by atoms with Crippen molar-refractivity contribution in [3.05, 3.63) is 229 Å². The second-order valence-corrected chi connectivity index (χ2v) is 25.5. The number of nitrogens with zero attached hydrogens (tertiary/aromatic N) is 8. The molecule has 1 radical (unpaired) electrons. The van der Waals surface area contributed by atoms with Gasteiger partial charge in [-0.2, -0.15) is 0 Å². The molecule has 0 aliphatic rings. The van der Waals surface area contributed by atoms with Crippen LogP contribution < -0.4 is 0 Å². The number of benzene rings is 7. The summed E-state index contributed by atoms with van der Waals surface area (Å²) in [5.74, 6) is 2.39. The first kappa shape index (κ1) is 57.7. The first-order valence-corrected chi connectivity index (χ1v) is 28.2. The maximum atomic E-state index is 5.07. The Hall–Kier alpha value is -8.49. The van der Waals surface area contributed by atoms with Gasteiger partial charge in [0.1, 0.15) is 0 Å². The molecule has 0 spiro atoms. The van der Waals surface area contributed by atoms with Crippen molar-refractivity contribution in [1.82, 2.24) is 39.9 Å². The standard InChI is InChI=1S/C74H69N8.Ir/c1-71(2,3)61-27-18-47(19-28-61)53-36-54(48-20-29-62(30-21-48)72(4,5)6)39-57(38-53)66-76-43-59(44-77-66)69-80-68(52-26-35-65(75-42-52)51-16-14-13-15-17-51)81-70(82-69)60-45-78-67(79-46-60)58-40-55(49-22-31-63(32-23-49)73(7,8)9)37-56(41-58)50-24-33-64(34-25-50)74(10,11)12;/h13-16,18-46H,1-12H3;/q-1;. The third-order valence-electron chi connectivity index (χ3n) is 15.2. The van der Waals surface area contributed by atoms with E-state index in [1.165, 1.54) is 22.3 Å². The summed E-state index contributed by atoms with van der Waals surface area (Å²) < 4.78 is 0. The maximum absolute atomic E-state index is 5.07. The van der Waals surface area contributed by atoms with Crippen LogP contribution in [0.15, 0.2) is 201 Å². The fraction of sp³-hybridized carbons (Fsp3) is 0.216. The minimum Gasteiger partial charge on any atom is -0.304 e. The van der Waals surface area contributed by atoms with Crippen molar-refractivity contribution in [3.8, 4) is 113 Å². The molecule has 11 rings (SSSR count). The van der Waals surface area contributed by atoms with Gasteiger partial charge in [-0.15, -0.1) is 35.9 Å². The van der Waals surface area contributed by atoms with Gasteiger partial charge in [0, 0.05) is 67.8 Å². The van der Waals surface area contributed by atoms with E-state index in [-0.39, 0.29) is 41.8 Å². The largest absolute Gasteiger partial charge is 0.304 e. The van der Waals surface area contributed by atoms with Crippen LogP contribution in [-0.4, -0.2) is 39.9 Å². The van der Waals surface area contributed by atoms with Crippen LogP contribution in [-0.2, 0) is 41.8 Å². The number of pyridine rings is 1. The zero-order chi connectivity index (χ0) is 57.6. The molecule has 0 amide bonds. The third-order valence-corrected chi connectivity index (χ3v) is 15.2. The van der Waals surface area contributed by atoms with E-state index in [1.807, 2.05) is 36.4 Å². The molecule has 83 heavy (non-hydrogen) atoms. The van der Waals surface area contributed by atoms with Crippen molar-refractivity contribution in [1.29, 1.82) is 0 Å². The summed E-state index contributed by atoms with van der Waals surface area (Å²) in [6, 6.07) is 63.7. The predicted molar refractivity (Wildman–Crippen MR) is 337 cm³/mol. The monoisotopic (exact) mass is 1260 g/mol. The summed E-state index contributed by atoms with van der Waals surface area (Å²) in [5, 5.41) is 0. The Labute approximate surface area is 503 Å². The van der Waals surface area contributed by atoms with Gasteiger partial charge < -0.3 is 4.98 Å². The van der Waals surface area contributed by atoms with Gasteiger partial charge >= 0.3 is 0 Å². The van der Waals surface area contributed by atoms with Gasteiger partial charge in [-0.05, 0) is 131 Å². The average Bonchev–Trinajstić information content (AvgIpc) is 3.57. The normalized spacial score (nSPS) is 12.0.